The fourth-order valence-corrected chi connectivity index (χ4v) is 1.60. The number of ether oxygens (including phenoxy) is 1. The Morgan fingerprint density at radius 3 is 2.69 bits per heavy atom. The molecule has 0 fully saturated rings. The summed E-state index contributed by atoms with van der Waals surface area (Å²) < 4.78 is 5.73. The van der Waals surface area contributed by atoms with Gasteiger partial charge in [0, 0.05) is 11.0 Å². The van der Waals surface area contributed by atoms with Gasteiger partial charge in [0.1, 0.15) is 5.75 Å². The number of thiol groups is 1. The minimum Gasteiger partial charge on any atom is -0.495 e. The van der Waals surface area contributed by atoms with Gasteiger partial charge in [-0.05, 0) is 22.6 Å². The van der Waals surface area contributed by atoms with Gasteiger partial charge in [-0.2, -0.15) is 0 Å². The van der Waals surface area contributed by atoms with Gasteiger partial charge in [0.25, 0.3) is 5.69 Å². The molecule has 4 nitrogen and oxygen atoms in total. The zero-order valence-electron chi connectivity index (χ0n) is 6.65. The SMILES string of the molecule is COc1cc([N+](=O)[O-])cc(S)c1I. The number of nitro groups is 1. The molecule has 0 heterocycles. The highest BCUT2D eigenvalue weighted by molar-refractivity contribution is 14.1. The van der Waals surface area contributed by atoms with Crippen molar-refractivity contribution in [3.8, 4) is 5.75 Å². The monoisotopic (exact) mass is 311 g/mol. The molecule has 6 heteroatoms. The van der Waals surface area contributed by atoms with E-state index in [0.717, 1.165) is 3.57 Å². The van der Waals surface area contributed by atoms with E-state index in [0.29, 0.717) is 10.6 Å². The number of benzene rings is 1. The third-order valence-corrected chi connectivity index (χ3v) is 3.33. The summed E-state index contributed by atoms with van der Waals surface area (Å²) in [6.07, 6.45) is 0. The first-order valence-electron chi connectivity index (χ1n) is 3.27. The Kier molecular flexibility index (Phi) is 3.37. The molecule has 0 atom stereocenters. The van der Waals surface area contributed by atoms with Crippen molar-refractivity contribution in [2.24, 2.45) is 0 Å². The molecular formula is C7H6INO3S. The Bertz CT molecular complexity index is 356. The average Bonchev–Trinajstić information content (AvgIpc) is 2.09. The molecule has 70 valence electrons. The Balaban J connectivity index is 3.30. The zero-order chi connectivity index (χ0) is 10.0. The second-order valence-corrected chi connectivity index (χ2v) is 3.80. The summed E-state index contributed by atoms with van der Waals surface area (Å²) in [7, 11) is 1.47. The second kappa shape index (κ2) is 4.14. The van der Waals surface area contributed by atoms with Crippen molar-refractivity contribution < 1.29 is 9.66 Å². The van der Waals surface area contributed by atoms with Crippen LogP contribution in [-0.2, 0) is 0 Å². The third-order valence-electron chi connectivity index (χ3n) is 1.44. The van der Waals surface area contributed by atoms with E-state index >= 15 is 0 Å². The lowest BCUT2D eigenvalue weighted by Gasteiger charge is -2.04. The molecule has 0 bridgehead atoms. The Hall–Kier alpha value is -0.500. The van der Waals surface area contributed by atoms with Crippen LogP contribution in [0.1, 0.15) is 0 Å². The van der Waals surface area contributed by atoms with Crippen LogP contribution in [0.3, 0.4) is 0 Å². The fraction of sp³-hybridized carbons (Fsp3) is 0.143. The molecule has 0 unspecified atom stereocenters. The van der Waals surface area contributed by atoms with Crippen molar-refractivity contribution >= 4 is 40.9 Å². The van der Waals surface area contributed by atoms with Gasteiger partial charge in [-0.1, -0.05) is 0 Å². The van der Waals surface area contributed by atoms with E-state index < -0.39 is 4.92 Å². The lowest BCUT2D eigenvalue weighted by molar-refractivity contribution is -0.385. The minimum atomic E-state index is -0.474. The normalized spacial score (nSPS) is 9.77. The van der Waals surface area contributed by atoms with Crippen molar-refractivity contribution in [3.63, 3.8) is 0 Å². The predicted octanol–water partition coefficient (Wildman–Crippen LogP) is 2.50. The van der Waals surface area contributed by atoms with Gasteiger partial charge < -0.3 is 4.74 Å². The van der Waals surface area contributed by atoms with E-state index in [1.54, 1.807) is 0 Å². The first-order valence-corrected chi connectivity index (χ1v) is 4.79. The van der Waals surface area contributed by atoms with Gasteiger partial charge in [-0.25, -0.2) is 0 Å². The smallest absolute Gasteiger partial charge is 0.274 e. The second-order valence-electron chi connectivity index (χ2n) is 2.24. The number of hydrogen-bond acceptors (Lipinski definition) is 4. The van der Waals surface area contributed by atoms with Crippen LogP contribution in [-0.4, -0.2) is 12.0 Å². The molecule has 0 aliphatic carbocycles. The summed E-state index contributed by atoms with van der Waals surface area (Å²) in [5.74, 6) is 0.472. The standard InChI is InChI=1S/C7H6INO3S/c1-12-5-2-4(9(10)11)3-6(13)7(5)8/h2-3,13H,1H3. The first-order chi connectivity index (χ1) is 6.06. The van der Waals surface area contributed by atoms with Crippen molar-refractivity contribution in [2.45, 2.75) is 4.90 Å². The van der Waals surface area contributed by atoms with Crippen molar-refractivity contribution in [1.82, 2.24) is 0 Å². The Labute approximate surface area is 94.0 Å². The maximum Gasteiger partial charge on any atom is 0.274 e. The summed E-state index contributed by atoms with van der Waals surface area (Å²) in [5, 5.41) is 10.4. The molecular weight excluding hydrogens is 305 g/mol. The number of rotatable bonds is 2. The van der Waals surface area contributed by atoms with Crippen LogP contribution >= 0.6 is 35.2 Å². The summed E-state index contributed by atoms with van der Waals surface area (Å²) in [4.78, 5) is 10.5. The van der Waals surface area contributed by atoms with Crippen molar-refractivity contribution in [2.75, 3.05) is 7.11 Å². The molecule has 0 amide bonds. The van der Waals surface area contributed by atoms with Crippen molar-refractivity contribution in [1.29, 1.82) is 0 Å². The van der Waals surface area contributed by atoms with Crippen LogP contribution < -0.4 is 4.74 Å². The highest BCUT2D eigenvalue weighted by Crippen LogP contribution is 2.31. The van der Waals surface area contributed by atoms with E-state index in [-0.39, 0.29) is 5.69 Å². The molecule has 0 aromatic heterocycles. The summed E-state index contributed by atoms with van der Waals surface area (Å²) >= 11 is 6.11. The largest absolute Gasteiger partial charge is 0.495 e. The van der Waals surface area contributed by atoms with Crippen LogP contribution in [0.25, 0.3) is 0 Å². The molecule has 13 heavy (non-hydrogen) atoms. The van der Waals surface area contributed by atoms with E-state index in [1.165, 1.54) is 19.2 Å². The quantitative estimate of drug-likeness (QED) is 0.395. The number of methoxy groups -OCH3 is 1. The zero-order valence-corrected chi connectivity index (χ0v) is 9.70. The molecule has 0 saturated heterocycles. The molecule has 0 spiro atoms. The fourth-order valence-electron chi connectivity index (χ4n) is 0.823. The minimum absolute atomic E-state index is 0.0118. The van der Waals surface area contributed by atoms with Gasteiger partial charge in [0.05, 0.1) is 21.7 Å². The van der Waals surface area contributed by atoms with Crippen LogP contribution in [0.5, 0.6) is 5.75 Å². The lowest BCUT2D eigenvalue weighted by atomic mass is 10.3. The van der Waals surface area contributed by atoms with Crippen LogP contribution in [0.2, 0.25) is 0 Å². The number of nitro benzene ring substituents is 1. The molecule has 0 N–H and O–H groups in total. The molecule has 1 aromatic carbocycles. The van der Waals surface area contributed by atoms with Gasteiger partial charge in [-0.3, -0.25) is 10.1 Å². The topological polar surface area (TPSA) is 52.4 Å². The molecule has 0 radical (unpaired) electrons. The Morgan fingerprint density at radius 2 is 2.23 bits per heavy atom. The van der Waals surface area contributed by atoms with E-state index in [1.807, 2.05) is 22.6 Å². The van der Waals surface area contributed by atoms with E-state index in [9.17, 15) is 10.1 Å². The number of halogens is 1. The third kappa shape index (κ3) is 2.25. The molecule has 0 saturated carbocycles. The summed E-state index contributed by atoms with van der Waals surface area (Å²) in [6.45, 7) is 0. The van der Waals surface area contributed by atoms with Gasteiger partial charge in [0.2, 0.25) is 0 Å². The molecule has 1 aromatic rings. The number of non-ortho nitro benzene ring substituents is 1. The number of nitrogens with zero attached hydrogens (tertiary/aromatic N) is 1. The average molecular weight is 311 g/mol. The van der Waals surface area contributed by atoms with Gasteiger partial charge >= 0.3 is 0 Å². The highest BCUT2D eigenvalue weighted by atomic mass is 127. The number of hydrogen-bond donors (Lipinski definition) is 1. The Morgan fingerprint density at radius 1 is 1.62 bits per heavy atom. The maximum atomic E-state index is 10.4. The van der Waals surface area contributed by atoms with Crippen LogP contribution in [0.15, 0.2) is 17.0 Å². The molecule has 1 rings (SSSR count). The van der Waals surface area contributed by atoms with Gasteiger partial charge in [0.15, 0.2) is 0 Å². The predicted molar refractivity (Wildman–Crippen MR) is 59.6 cm³/mol. The van der Waals surface area contributed by atoms with E-state index in [2.05, 4.69) is 12.6 Å². The summed E-state index contributed by atoms with van der Waals surface area (Å²) in [6, 6.07) is 2.77. The van der Waals surface area contributed by atoms with Crippen LogP contribution in [0, 0.1) is 13.7 Å². The first kappa shape index (κ1) is 10.6. The lowest BCUT2D eigenvalue weighted by Crippen LogP contribution is -1.93. The molecule has 0 aliphatic heterocycles. The molecule has 0 aliphatic rings. The van der Waals surface area contributed by atoms with Crippen LogP contribution in [0.4, 0.5) is 5.69 Å². The maximum absolute atomic E-state index is 10.4. The van der Waals surface area contributed by atoms with Gasteiger partial charge in [-0.15, -0.1) is 12.6 Å². The van der Waals surface area contributed by atoms with Crippen molar-refractivity contribution in [3.05, 3.63) is 25.8 Å². The summed E-state index contributed by atoms with van der Waals surface area (Å²) in [5.41, 5.74) is -0.0118. The van der Waals surface area contributed by atoms with E-state index in [4.69, 9.17) is 4.74 Å². The highest BCUT2D eigenvalue weighted by Gasteiger charge is 2.13.